The maximum atomic E-state index is 14.3. The number of anilines is 1. The molecule has 1 aromatic rings. The number of nitrogens with two attached hydrogens (primary N) is 1. The first-order valence-electron chi connectivity index (χ1n) is 11.4. The first-order chi connectivity index (χ1) is 16.6. The molecular weight excluding hydrogens is 456 g/mol. The van der Waals surface area contributed by atoms with Gasteiger partial charge in [0.2, 0.25) is 11.8 Å². The Hall–Kier alpha value is -3.82. The Morgan fingerprint density at radius 3 is 2.46 bits per heavy atom. The molecular formula is C25H30N2O8. The van der Waals surface area contributed by atoms with Gasteiger partial charge in [-0.2, -0.15) is 0 Å². The second-order valence-corrected chi connectivity index (χ2v) is 8.45. The van der Waals surface area contributed by atoms with Crippen molar-refractivity contribution in [3.8, 4) is 0 Å². The van der Waals surface area contributed by atoms with Crippen molar-refractivity contribution < 1.29 is 38.1 Å². The summed E-state index contributed by atoms with van der Waals surface area (Å²) in [5, 5.41) is 0. The van der Waals surface area contributed by atoms with Crippen LogP contribution in [-0.4, -0.2) is 50.2 Å². The van der Waals surface area contributed by atoms with E-state index in [4.69, 9.17) is 24.7 Å². The summed E-state index contributed by atoms with van der Waals surface area (Å²) in [6.07, 6.45) is 0.826. The lowest BCUT2D eigenvalue weighted by molar-refractivity contribution is -0.146. The van der Waals surface area contributed by atoms with Crippen LogP contribution < -0.4 is 10.6 Å². The van der Waals surface area contributed by atoms with Crippen LogP contribution in [0.4, 0.5) is 5.69 Å². The van der Waals surface area contributed by atoms with E-state index in [1.165, 1.54) is 14.0 Å². The molecule has 1 amide bonds. The normalized spacial score (nSPS) is 19.1. The van der Waals surface area contributed by atoms with Crippen molar-refractivity contribution >= 4 is 29.5 Å². The lowest BCUT2D eigenvalue weighted by Crippen LogP contribution is -2.51. The number of fused-ring (bicyclic) bond motifs is 2. The van der Waals surface area contributed by atoms with Gasteiger partial charge in [0.25, 0.3) is 0 Å². The summed E-state index contributed by atoms with van der Waals surface area (Å²) in [4.78, 5) is 54.4. The lowest BCUT2D eigenvalue weighted by Gasteiger charge is -2.36. The number of benzene rings is 1. The van der Waals surface area contributed by atoms with Gasteiger partial charge < -0.3 is 24.7 Å². The third-order valence-corrected chi connectivity index (χ3v) is 5.77. The van der Waals surface area contributed by atoms with Crippen LogP contribution in [-0.2, 0) is 43.5 Å². The Morgan fingerprint density at radius 2 is 1.83 bits per heavy atom. The Balaban J connectivity index is 2.32. The highest BCUT2D eigenvalue weighted by Gasteiger charge is 2.64. The van der Waals surface area contributed by atoms with Gasteiger partial charge in [-0.25, -0.2) is 9.59 Å². The highest BCUT2D eigenvalue weighted by Crippen LogP contribution is 2.54. The molecule has 10 heteroatoms. The fraction of sp³-hybridized carbons (Fsp3) is 0.440. The van der Waals surface area contributed by atoms with E-state index in [0.29, 0.717) is 12.1 Å². The number of rotatable bonds is 8. The average molecular weight is 487 g/mol. The van der Waals surface area contributed by atoms with E-state index in [0.717, 1.165) is 11.3 Å². The quantitative estimate of drug-likeness (QED) is 0.333. The average Bonchev–Trinajstić information content (AvgIpc) is 3.02. The number of unbranched alkanes of at least 4 members (excludes halogenated alkanes) is 1. The standard InChI is InChI=1S/C25H30N2O8/c1-6-7-12-33-22(29)20-21(26)35-15(4)19(23(30)34-14(2)3)25(20)16-10-8-9-11-17(16)27(24(25)31)13-18(28)32-5/h8-11,14H,6-7,12-13,26H2,1-5H3. The van der Waals surface area contributed by atoms with Crippen LogP contribution in [0.5, 0.6) is 0 Å². The number of hydrogen-bond donors (Lipinski definition) is 1. The van der Waals surface area contributed by atoms with E-state index in [2.05, 4.69) is 0 Å². The summed E-state index contributed by atoms with van der Waals surface area (Å²) in [6, 6.07) is 6.53. The monoisotopic (exact) mass is 486 g/mol. The van der Waals surface area contributed by atoms with E-state index < -0.39 is 41.9 Å². The molecule has 1 unspecified atom stereocenters. The second kappa shape index (κ2) is 10.2. The third-order valence-electron chi connectivity index (χ3n) is 5.77. The Labute approximate surface area is 203 Å². The van der Waals surface area contributed by atoms with Gasteiger partial charge in [0.05, 0.1) is 19.8 Å². The molecule has 0 radical (unpaired) electrons. The number of methoxy groups -OCH3 is 1. The number of amides is 1. The predicted octanol–water partition coefficient (Wildman–Crippen LogP) is 2.21. The van der Waals surface area contributed by atoms with Crippen molar-refractivity contribution in [3.05, 3.63) is 52.6 Å². The lowest BCUT2D eigenvalue weighted by atomic mass is 9.67. The Kier molecular flexibility index (Phi) is 7.52. The zero-order valence-electron chi connectivity index (χ0n) is 20.5. The molecule has 1 atom stereocenters. The van der Waals surface area contributed by atoms with Gasteiger partial charge in [0, 0.05) is 11.3 Å². The van der Waals surface area contributed by atoms with Crippen molar-refractivity contribution in [2.45, 2.75) is 52.1 Å². The van der Waals surface area contributed by atoms with Crippen LogP contribution in [0.2, 0.25) is 0 Å². The van der Waals surface area contributed by atoms with Gasteiger partial charge in [0.15, 0.2) is 0 Å². The topological polar surface area (TPSA) is 134 Å². The molecule has 188 valence electrons. The van der Waals surface area contributed by atoms with E-state index in [9.17, 15) is 19.2 Å². The number of hydrogen-bond acceptors (Lipinski definition) is 9. The number of para-hydroxylation sites is 1. The summed E-state index contributed by atoms with van der Waals surface area (Å²) in [6.45, 7) is 6.34. The molecule has 10 nitrogen and oxygen atoms in total. The maximum Gasteiger partial charge on any atom is 0.341 e. The molecule has 2 N–H and O–H groups in total. The van der Waals surface area contributed by atoms with Crippen LogP contribution in [0.1, 0.15) is 46.1 Å². The molecule has 0 aromatic heterocycles. The van der Waals surface area contributed by atoms with Crippen molar-refractivity contribution in [2.75, 3.05) is 25.2 Å². The summed E-state index contributed by atoms with van der Waals surface area (Å²) in [7, 11) is 1.20. The van der Waals surface area contributed by atoms with Crippen LogP contribution in [0, 0.1) is 0 Å². The van der Waals surface area contributed by atoms with Gasteiger partial charge in [-0.05, 0) is 33.3 Å². The molecule has 0 bridgehead atoms. The first-order valence-corrected chi connectivity index (χ1v) is 11.4. The minimum Gasteiger partial charge on any atom is -0.468 e. The van der Waals surface area contributed by atoms with Crippen LogP contribution >= 0.6 is 0 Å². The fourth-order valence-electron chi connectivity index (χ4n) is 4.33. The van der Waals surface area contributed by atoms with Gasteiger partial charge in [-0.1, -0.05) is 31.5 Å². The maximum absolute atomic E-state index is 14.3. The predicted molar refractivity (Wildman–Crippen MR) is 125 cm³/mol. The molecule has 3 rings (SSSR count). The minimum absolute atomic E-state index is 0.00123. The number of ether oxygens (including phenoxy) is 4. The van der Waals surface area contributed by atoms with Gasteiger partial charge >= 0.3 is 17.9 Å². The molecule has 2 aliphatic heterocycles. The van der Waals surface area contributed by atoms with Crippen LogP contribution in [0.15, 0.2) is 47.1 Å². The number of carbonyl (C=O) groups is 4. The largest absolute Gasteiger partial charge is 0.468 e. The molecule has 2 aliphatic rings. The molecule has 2 heterocycles. The second-order valence-electron chi connectivity index (χ2n) is 8.45. The first kappa shape index (κ1) is 25.8. The molecule has 0 saturated carbocycles. The fourth-order valence-corrected chi connectivity index (χ4v) is 4.33. The summed E-state index contributed by atoms with van der Waals surface area (Å²) >= 11 is 0. The number of allylic oxidation sites excluding steroid dienone is 1. The van der Waals surface area contributed by atoms with Crippen LogP contribution in [0.3, 0.4) is 0 Å². The Bertz CT molecular complexity index is 1120. The van der Waals surface area contributed by atoms with Crippen molar-refractivity contribution in [2.24, 2.45) is 5.73 Å². The van der Waals surface area contributed by atoms with Crippen molar-refractivity contribution in [3.63, 3.8) is 0 Å². The van der Waals surface area contributed by atoms with Gasteiger partial charge in [0.1, 0.15) is 28.9 Å². The Morgan fingerprint density at radius 1 is 1.14 bits per heavy atom. The van der Waals surface area contributed by atoms with Crippen molar-refractivity contribution in [1.82, 2.24) is 0 Å². The highest BCUT2D eigenvalue weighted by molar-refractivity contribution is 6.23. The van der Waals surface area contributed by atoms with E-state index >= 15 is 0 Å². The smallest absolute Gasteiger partial charge is 0.341 e. The molecule has 0 saturated heterocycles. The molecule has 1 aromatic carbocycles. The minimum atomic E-state index is -2.04. The summed E-state index contributed by atoms with van der Waals surface area (Å²) in [5.74, 6) is -3.55. The zero-order valence-corrected chi connectivity index (χ0v) is 20.5. The SMILES string of the molecule is CCCCOC(=O)C1=C(N)OC(C)=C(C(=O)OC(C)C)C12C(=O)N(CC(=O)OC)c1ccccc12. The molecule has 1 spiro atoms. The summed E-state index contributed by atoms with van der Waals surface area (Å²) < 4.78 is 21.3. The number of esters is 3. The van der Waals surface area contributed by atoms with E-state index in [-0.39, 0.29) is 35.0 Å². The molecule has 0 aliphatic carbocycles. The van der Waals surface area contributed by atoms with Crippen LogP contribution in [0.25, 0.3) is 0 Å². The third kappa shape index (κ3) is 4.36. The summed E-state index contributed by atoms with van der Waals surface area (Å²) in [5.41, 5.74) is 4.22. The van der Waals surface area contributed by atoms with Crippen molar-refractivity contribution in [1.29, 1.82) is 0 Å². The van der Waals surface area contributed by atoms with Gasteiger partial charge in [-0.15, -0.1) is 0 Å². The zero-order chi connectivity index (χ0) is 25.9. The van der Waals surface area contributed by atoms with Gasteiger partial charge in [-0.3, -0.25) is 14.5 Å². The molecule has 0 fully saturated rings. The number of carbonyl (C=O) groups excluding carboxylic acids is 4. The molecule has 35 heavy (non-hydrogen) atoms. The number of nitrogens with zero attached hydrogens (tertiary/aromatic N) is 1. The van der Waals surface area contributed by atoms with E-state index in [1.807, 2.05) is 6.92 Å². The highest BCUT2D eigenvalue weighted by atomic mass is 16.6. The van der Waals surface area contributed by atoms with E-state index in [1.54, 1.807) is 38.1 Å².